The zero-order chi connectivity index (χ0) is 18.9. The highest BCUT2D eigenvalue weighted by atomic mass is 35.5. The van der Waals surface area contributed by atoms with Gasteiger partial charge in [-0.3, -0.25) is 0 Å². The highest BCUT2D eigenvalue weighted by Gasteiger charge is 2.65. The van der Waals surface area contributed by atoms with E-state index in [1.165, 1.54) is 6.33 Å². The molecule has 13 heteroatoms. The predicted molar refractivity (Wildman–Crippen MR) is 95.5 cm³/mol. The third kappa shape index (κ3) is 2.65. The number of aromatic nitrogens is 4. The molecule has 2 aromatic heterocycles. The molecule has 2 fully saturated rings. The van der Waals surface area contributed by atoms with E-state index in [1.54, 1.807) is 4.57 Å². The molecule has 0 unspecified atom stereocenters. The second kappa shape index (κ2) is 6.03. The molecule has 142 valence electrons. The molecule has 2 saturated carbocycles. The molecule has 2 aliphatic carbocycles. The van der Waals surface area contributed by atoms with Crippen molar-refractivity contribution in [1.29, 1.82) is 0 Å². The minimum absolute atomic E-state index is 0.0540. The van der Waals surface area contributed by atoms with Gasteiger partial charge in [0.1, 0.15) is 11.6 Å². The van der Waals surface area contributed by atoms with Crippen LogP contribution >= 0.6 is 29.8 Å². The maximum Gasteiger partial charge on any atom is 0.384 e. The third-order valence-corrected chi connectivity index (χ3v) is 8.15. The Morgan fingerprint density at radius 1 is 1.42 bits per heavy atom. The van der Waals surface area contributed by atoms with E-state index in [0.29, 0.717) is 35.4 Å². The number of hydrogen-bond donors (Lipinski definition) is 5. The average Bonchev–Trinajstić information content (AvgIpc) is 2.98. The molecule has 0 spiro atoms. The molecular weight excluding hydrogens is 405 g/mol. The summed E-state index contributed by atoms with van der Waals surface area (Å²) in [4.78, 5) is 30.5. The molecule has 0 radical (unpaired) electrons. The number of aliphatic hydroxyl groups is 2. The first-order valence-corrected chi connectivity index (χ1v) is 11.4. The fourth-order valence-electron chi connectivity index (χ4n) is 4.28. The number of anilines is 1. The zero-order valence-corrected chi connectivity index (χ0v) is 15.8. The molecule has 2 aliphatic rings. The summed E-state index contributed by atoms with van der Waals surface area (Å²) < 4.78 is 12.9. The molecule has 0 bridgehead atoms. The van der Waals surface area contributed by atoms with Crippen molar-refractivity contribution in [3.8, 4) is 0 Å². The Morgan fingerprint density at radius 2 is 2.15 bits per heavy atom. The zero-order valence-electron chi connectivity index (χ0n) is 13.3. The van der Waals surface area contributed by atoms with E-state index in [1.807, 2.05) is 0 Å². The Hall–Kier alpha value is -0.940. The van der Waals surface area contributed by atoms with E-state index < -0.39 is 30.5 Å². The van der Waals surface area contributed by atoms with Crippen LogP contribution in [0.15, 0.2) is 6.33 Å². The first-order valence-electron chi connectivity index (χ1n) is 7.86. The van der Waals surface area contributed by atoms with Gasteiger partial charge < -0.3 is 30.3 Å². The largest absolute Gasteiger partial charge is 0.390 e. The molecule has 4 rings (SSSR count). The van der Waals surface area contributed by atoms with Gasteiger partial charge in [-0.2, -0.15) is 9.97 Å². The fraction of sp³-hybridized carbons (Fsp3) is 0.615. The molecule has 2 aromatic rings. The van der Waals surface area contributed by atoms with Gasteiger partial charge in [-0.1, -0.05) is 0 Å². The summed E-state index contributed by atoms with van der Waals surface area (Å²) in [6.07, 6.45) is 0.500. The summed E-state index contributed by atoms with van der Waals surface area (Å²) in [5.74, 6) is -0.0103. The van der Waals surface area contributed by atoms with Gasteiger partial charge in [0.05, 0.1) is 18.5 Å². The van der Waals surface area contributed by atoms with Crippen LogP contribution in [0.2, 0.25) is 5.28 Å². The van der Waals surface area contributed by atoms with Crippen molar-refractivity contribution in [2.75, 3.05) is 11.5 Å². The molecule has 0 saturated heterocycles. The predicted octanol–water partition coefficient (Wildman–Crippen LogP) is 0.561. The second-order valence-electron chi connectivity index (χ2n) is 6.77. The van der Waals surface area contributed by atoms with Gasteiger partial charge in [-0.15, -0.1) is 0 Å². The van der Waals surface area contributed by atoms with Crippen molar-refractivity contribution < 1.29 is 24.6 Å². The second-order valence-corrected chi connectivity index (χ2v) is 10.8. The van der Waals surface area contributed by atoms with Crippen molar-refractivity contribution in [3.05, 3.63) is 11.6 Å². The number of halogens is 1. The van der Waals surface area contributed by atoms with E-state index in [4.69, 9.17) is 17.3 Å². The normalized spacial score (nSPS) is 34.0. The number of rotatable bonds is 4. The van der Waals surface area contributed by atoms with Gasteiger partial charge >= 0.3 is 6.80 Å². The van der Waals surface area contributed by atoms with Crippen LogP contribution in [-0.4, -0.2) is 57.5 Å². The van der Waals surface area contributed by atoms with Crippen molar-refractivity contribution in [2.24, 2.45) is 11.3 Å². The first kappa shape index (κ1) is 18.4. The fourth-order valence-corrected chi connectivity index (χ4v) is 6.62. The highest BCUT2D eigenvalue weighted by molar-refractivity contribution is 8.54. The Bertz CT molecular complexity index is 924. The SMILES string of the molecule is Nc1nc(Cl)nc2c1ncn2[C@H]1[C@H](O)[C@H](O)[C@]2(CSP(=O)(O)O)CC[C@H]12. The molecule has 0 amide bonds. The Balaban J connectivity index is 1.74. The molecular formula is C13H17ClN5O5PS. The first-order chi connectivity index (χ1) is 12.1. The number of hydrogen-bond acceptors (Lipinski definition) is 8. The number of aliphatic hydroxyl groups excluding tert-OH is 2. The van der Waals surface area contributed by atoms with E-state index in [2.05, 4.69) is 15.0 Å². The van der Waals surface area contributed by atoms with Crippen molar-refractivity contribution in [1.82, 2.24) is 19.5 Å². The van der Waals surface area contributed by atoms with Crippen LogP contribution in [0.5, 0.6) is 0 Å². The van der Waals surface area contributed by atoms with Crippen LogP contribution in [0.1, 0.15) is 18.9 Å². The Labute approximate surface area is 156 Å². The van der Waals surface area contributed by atoms with Crippen molar-refractivity contribution in [2.45, 2.75) is 31.1 Å². The van der Waals surface area contributed by atoms with E-state index in [9.17, 15) is 24.6 Å². The van der Waals surface area contributed by atoms with Gasteiger partial charge in [-0.25, -0.2) is 9.55 Å². The lowest BCUT2D eigenvalue weighted by molar-refractivity contribution is -0.0530. The van der Waals surface area contributed by atoms with Gasteiger partial charge in [0.25, 0.3) is 0 Å². The lowest BCUT2D eigenvalue weighted by atomic mass is 9.61. The molecule has 26 heavy (non-hydrogen) atoms. The van der Waals surface area contributed by atoms with Crippen LogP contribution < -0.4 is 5.73 Å². The topological polar surface area (TPSA) is 168 Å². The van der Waals surface area contributed by atoms with Crippen LogP contribution in [0, 0.1) is 11.3 Å². The smallest absolute Gasteiger partial charge is 0.384 e. The summed E-state index contributed by atoms with van der Waals surface area (Å²) in [5.41, 5.74) is 5.74. The maximum absolute atomic E-state index is 11.3. The quantitative estimate of drug-likeness (QED) is 0.347. The number of imidazole rings is 1. The summed E-state index contributed by atoms with van der Waals surface area (Å²) in [6, 6.07) is -0.550. The summed E-state index contributed by atoms with van der Waals surface area (Å²) in [5, 5.41) is 21.3. The highest BCUT2D eigenvalue weighted by Crippen LogP contribution is 2.66. The monoisotopic (exact) mass is 421 g/mol. The number of fused-ring (bicyclic) bond motifs is 2. The van der Waals surface area contributed by atoms with Crippen LogP contribution in [-0.2, 0) is 4.57 Å². The van der Waals surface area contributed by atoms with E-state index in [-0.39, 0.29) is 22.8 Å². The Morgan fingerprint density at radius 3 is 2.77 bits per heavy atom. The number of nitrogens with zero attached hydrogens (tertiary/aromatic N) is 4. The molecule has 0 aliphatic heterocycles. The van der Waals surface area contributed by atoms with E-state index in [0.717, 1.165) is 0 Å². The van der Waals surface area contributed by atoms with Crippen LogP contribution in [0.4, 0.5) is 5.82 Å². The molecule has 0 aromatic carbocycles. The minimum atomic E-state index is -4.28. The standard InChI is InChI=1S/C13H17ClN5O5PS/c14-12-17-10(15)6-11(18-12)19(4-16-6)7-5-1-2-13(5,9(21)8(7)20)3-26-25(22,23)24/h4-5,7-9,20-21H,1-3H2,(H2,15,17,18)(H2,22,23,24)/t5-,7-,8+,9+,13+/m1/s1. The Kier molecular flexibility index (Phi) is 4.27. The number of nitrogen functional groups attached to an aromatic ring is 1. The molecule has 2 heterocycles. The van der Waals surface area contributed by atoms with Gasteiger partial charge in [0.2, 0.25) is 5.28 Å². The maximum atomic E-state index is 11.3. The van der Waals surface area contributed by atoms with Gasteiger partial charge in [0.15, 0.2) is 11.5 Å². The summed E-state index contributed by atoms with van der Waals surface area (Å²) in [7, 11) is 0. The lowest BCUT2D eigenvalue weighted by Gasteiger charge is -2.48. The number of nitrogens with two attached hydrogens (primary N) is 1. The average molecular weight is 422 g/mol. The van der Waals surface area contributed by atoms with Gasteiger partial charge in [0, 0.05) is 11.2 Å². The van der Waals surface area contributed by atoms with Crippen LogP contribution in [0.3, 0.4) is 0 Å². The molecule has 10 nitrogen and oxygen atoms in total. The molecule has 6 N–H and O–H groups in total. The molecule has 5 atom stereocenters. The summed E-state index contributed by atoms with van der Waals surface area (Å²) in [6.45, 7) is -4.28. The lowest BCUT2D eigenvalue weighted by Crippen LogP contribution is -2.47. The van der Waals surface area contributed by atoms with Crippen molar-refractivity contribution in [3.63, 3.8) is 0 Å². The minimum Gasteiger partial charge on any atom is -0.390 e. The third-order valence-electron chi connectivity index (χ3n) is 5.58. The van der Waals surface area contributed by atoms with E-state index >= 15 is 0 Å². The van der Waals surface area contributed by atoms with Crippen LogP contribution in [0.25, 0.3) is 11.2 Å². The summed E-state index contributed by atoms with van der Waals surface area (Å²) >= 11 is 6.39. The van der Waals surface area contributed by atoms with Gasteiger partial charge in [-0.05, 0) is 41.7 Å². The van der Waals surface area contributed by atoms with Crippen molar-refractivity contribution >= 4 is 46.8 Å².